The molecule has 1 aromatic heterocycles. The quantitative estimate of drug-likeness (QED) is 0.553. The van der Waals surface area contributed by atoms with E-state index in [9.17, 15) is 19.5 Å². The zero-order valence-corrected chi connectivity index (χ0v) is 18.4. The number of amides is 3. The van der Waals surface area contributed by atoms with Crippen LogP contribution in [0.15, 0.2) is 29.8 Å². The number of likely N-dealkylation sites (tertiary alicyclic amines) is 1. The standard InChI is InChI=1S/C21H26N4O5S/c1-4-17(23-13(3)26)21(29)25-10-15(27)9-18(25)20(28)24-30-16-7-5-14(6-8-16)19-12(2)22-11-31-19/h5-8,11,15,17-18,27H,4,9-10H2,1-3H3,(H,23,26)(H,24,28)/t15-,17+,18+/m1/s1. The van der Waals surface area contributed by atoms with Gasteiger partial charge in [0.1, 0.15) is 12.1 Å². The van der Waals surface area contributed by atoms with Gasteiger partial charge in [0.05, 0.1) is 22.2 Å². The van der Waals surface area contributed by atoms with Crippen molar-refractivity contribution in [2.24, 2.45) is 0 Å². The molecule has 3 rings (SSSR count). The van der Waals surface area contributed by atoms with E-state index in [0.29, 0.717) is 12.2 Å². The molecule has 1 aromatic carbocycles. The topological polar surface area (TPSA) is 121 Å². The third-order valence-corrected chi connectivity index (χ3v) is 6.06. The number of aliphatic hydroxyl groups excluding tert-OH is 1. The van der Waals surface area contributed by atoms with Crippen molar-refractivity contribution in [1.82, 2.24) is 20.7 Å². The fraction of sp³-hybridized carbons (Fsp3) is 0.429. The summed E-state index contributed by atoms with van der Waals surface area (Å²) in [5, 5.41) is 12.6. The van der Waals surface area contributed by atoms with Gasteiger partial charge in [-0.25, -0.2) is 4.98 Å². The van der Waals surface area contributed by atoms with Crippen molar-refractivity contribution in [3.8, 4) is 16.2 Å². The zero-order chi connectivity index (χ0) is 22.5. The van der Waals surface area contributed by atoms with Crippen LogP contribution in [-0.4, -0.2) is 57.4 Å². The summed E-state index contributed by atoms with van der Waals surface area (Å²) in [5.41, 5.74) is 6.10. The molecule has 0 unspecified atom stereocenters. The van der Waals surface area contributed by atoms with Crippen molar-refractivity contribution >= 4 is 29.1 Å². The number of nitrogens with one attached hydrogen (secondary N) is 2. The van der Waals surface area contributed by atoms with Gasteiger partial charge in [0, 0.05) is 19.9 Å². The van der Waals surface area contributed by atoms with E-state index in [1.807, 2.05) is 19.1 Å². The van der Waals surface area contributed by atoms with Crippen LogP contribution in [-0.2, 0) is 14.4 Å². The van der Waals surface area contributed by atoms with Crippen molar-refractivity contribution in [3.05, 3.63) is 35.5 Å². The number of carbonyl (C=O) groups excluding carboxylic acids is 3. The molecule has 2 heterocycles. The third-order valence-electron chi connectivity index (χ3n) is 5.08. The van der Waals surface area contributed by atoms with Gasteiger partial charge in [-0.3, -0.25) is 14.4 Å². The molecule has 2 aromatic rings. The molecule has 31 heavy (non-hydrogen) atoms. The summed E-state index contributed by atoms with van der Waals surface area (Å²) < 4.78 is 0. The van der Waals surface area contributed by atoms with E-state index in [2.05, 4.69) is 15.8 Å². The highest BCUT2D eigenvalue weighted by atomic mass is 32.1. The summed E-state index contributed by atoms with van der Waals surface area (Å²) in [5.74, 6) is -0.842. The number of carbonyl (C=O) groups is 3. The monoisotopic (exact) mass is 446 g/mol. The number of thiazole rings is 1. The molecule has 0 aliphatic carbocycles. The molecule has 3 atom stereocenters. The van der Waals surface area contributed by atoms with Gasteiger partial charge in [0.2, 0.25) is 11.8 Å². The van der Waals surface area contributed by atoms with Crippen LogP contribution in [0.3, 0.4) is 0 Å². The molecular weight excluding hydrogens is 420 g/mol. The lowest BCUT2D eigenvalue weighted by Gasteiger charge is -2.27. The van der Waals surface area contributed by atoms with Crippen LogP contribution in [0.5, 0.6) is 5.75 Å². The number of aryl methyl sites for hydroxylation is 1. The van der Waals surface area contributed by atoms with Crippen molar-refractivity contribution in [2.75, 3.05) is 6.54 Å². The molecular formula is C21H26N4O5S. The Morgan fingerprint density at radius 3 is 2.61 bits per heavy atom. The highest BCUT2D eigenvalue weighted by Crippen LogP contribution is 2.28. The molecule has 3 amide bonds. The average molecular weight is 447 g/mol. The Hall–Kier alpha value is -2.98. The number of hydrogen-bond acceptors (Lipinski definition) is 7. The average Bonchev–Trinajstić information content (AvgIpc) is 3.35. The Labute approximate surface area is 184 Å². The SMILES string of the molecule is CC[C@H](NC(C)=O)C(=O)N1C[C@H](O)C[C@H]1C(=O)NOc1ccc(-c2scnc2C)cc1. The second-order valence-corrected chi connectivity index (χ2v) is 8.27. The first kappa shape index (κ1) is 22.7. The van der Waals surface area contributed by atoms with Crippen LogP contribution in [0.4, 0.5) is 0 Å². The van der Waals surface area contributed by atoms with Crippen LogP contribution in [0, 0.1) is 6.92 Å². The Balaban J connectivity index is 1.62. The lowest BCUT2D eigenvalue weighted by molar-refractivity contribution is -0.143. The minimum absolute atomic E-state index is 0.0237. The van der Waals surface area contributed by atoms with Gasteiger partial charge in [-0.05, 0) is 43.2 Å². The summed E-state index contributed by atoms with van der Waals surface area (Å²) in [4.78, 5) is 48.8. The smallest absolute Gasteiger partial charge is 0.275 e. The summed E-state index contributed by atoms with van der Waals surface area (Å²) in [7, 11) is 0. The van der Waals surface area contributed by atoms with Crippen molar-refractivity contribution in [2.45, 2.75) is 51.8 Å². The molecule has 3 N–H and O–H groups in total. The Bertz CT molecular complexity index is 946. The first-order valence-electron chi connectivity index (χ1n) is 10.0. The van der Waals surface area contributed by atoms with Gasteiger partial charge >= 0.3 is 0 Å². The normalized spacial score (nSPS) is 19.0. The van der Waals surface area contributed by atoms with E-state index in [4.69, 9.17) is 4.84 Å². The van der Waals surface area contributed by atoms with Crippen LogP contribution < -0.4 is 15.6 Å². The number of nitrogens with zero attached hydrogens (tertiary/aromatic N) is 2. The molecule has 0 radical (unpaired) electrons. The molecule has 1 saturated heterocycles. The third kappa shape index (κ3) is 5.39. The first-order chi connectivity index (χ1) is 14.8. The highest BCUT2D eigenvalue weighted by Gasteiger charge is 2.41. The second kappa shape index (κ2) is 9.88. The fourth-order valence-corrected chi connectivity index (χ4v) is 4.33. The number of hydroxylamine groups is 1. The number of aromatic nitrogens is 1. The van der Waals surface area contributed by atoms with Gasteiger partial charge in [-0.1, -0.05) is 6.92 Å². The van der Waals surface area contributed by atoms with Gasteiger partial charge < -0.3 is 20.2 Å². The van der Waals surface area contributed by atoms with Crippen LogP contribution in [0.2, 0.25) is 0 Å². The van der Waals surface area contributed by atoms with Gasteiger partial charge in [0.25, 0.3) is 5.91 Å². The van der Waals surface area contributed by atoms with E-state index in [-0.39, 0.29) is 18.9 Å². The lowest BCUT2D eigenvalue weighted by Crippen LogP contribution is -2.53. The van der Waals surface area contributed by atoms with Crippen molar-refractivity contribution in [1.29, 1.82) is 0 Å². The Morgan fingerprint density at radius 2 is 2.03 bits per heavy atom. The van der Waals surface area contributed by atoms with E-state index in [1.165, 1.54) is 11.8 Å². The van der Waals surface area contributed by atoms with Gasteiger partial charge in [-0.15, -0.1) is 11.3 Å². The van der Waals surface area contributed by atoms with Gasteiger partial charge in [0.15, 0.2) is 5.75 Å². The van der Waals surface area contributed by atoms with E-state index < -0.39 is 30.0 Å². The largest absolute Gasteiger partial charge is 0.391 e. The van der Waals surface area contributed by atoms with Crippen LogP contribution in [0.25, 0.3) is 10.4 Å². The fourth-order valence-electron chi connectivity index (χ4n) is 3.52. The summed E-state index contributed by atoms with van der Waals surface area (Å²) >= 11 is 1.55. The molecule has 0 bridgehead atoms. The molecule has 0 spiro atoms. The predicted molar refractivity (Wildman–Crippen MR) is 115 cm³/mol. The minimum Gasteiger partial charge on any atom is -0.391 e. The molecule has 9 nitrogen and oxygen atoms in total. The van der Waals surface area contributed by atoms with Crippen LogP contribution in [0.1, 0.15) is 32.4 Å². The minimum atomic E-state index is -0.885. The second-order valence-electron chi connectivity index (χ2n) is 7.42. The maximum Gasteiger partial charge on any atom is 0.275 e. The number of β-amino-alcohol motifs (C(OH)–C–C–N with tert-alkyl or cyclic N) is 1. The van der Waals surface area contributed by atoms with E-state index in [0.717, 1.165) is 16.1 Å². The number of aliphatic hydroxyl groups is 1. The lowest BCUT2D eigenvalue weighted by atomic mass is 10.1. The van der Waals surface area contributed by atoms with E-state index >= 15 is 0 Å². The summed E-state index contributed by atoms with van der Waals surface area (Å²) in [6.07, 6.45) is -0.348. The maximum atomic E-state index is 12.8. The number of rotatable bonds is 7. The summed E-state index contributed by atoms with van der Waals surface area (Å²) in [6.45, 7) is 5.05. The Morgan fingerprint density at radius 1 is 1.32 bits per heavy atom. The molecule has 0 saturated carbocycles. The predicted octanol–water partition coefficient (Wildman–Crippen LogP) is 1.41. The summed E-state index contributed by atoms with van der Waals surface area (Å²) in [6, 6.07) is 5.56. The zero-order valence-electron chi connectivity index (χ0n) is 17.6. The molecule has 10 heteroatoms. The Kier molecular flexibility index (Phi) is 7.24. The number of benzene rings is 1. The molecule has 1 fully saturated rings. The highest BCUT2D eigenvalue weighted by molar-refractivity contribution is 7.13. The molecule has 1 aliphatic rings. The number of hydrogen-bond donors (Lipinski definition) is 3. The maximum absolute atomic E-state index is 12.8. The van der Waals surface area contributed by atoms with Crippen molar-refractivity contribution in [3.63, 3.8) is 0 Å². The van der Waals surface area contributed by atoms with Gasteiger partial charge in [-0.2, -0.15) is 5.48 Å². The van der Waals surface area contributed by atoms with Crippen molar-refractivity contribution < 1.29 is 24.3 Å². The van der Waals surface area contributed by atoms with E-state index in [1.54, 1.807) is 35.9 Å². The first-order valence-corrected chi connectivity index (χ1v) is 10.9. The van der Waals surface area contributed by atoms with Crippen LogP contribution >= 0.6 is 11.3 Å². The molecule has 1 aliphatic heterocycles. The molecule has 166 valence electrons.